The van der Waals surface area contributed by atoms with Gasteiger partial charge in [0.05, 0.1) is 13.2 Å². The zero-order chi connectivity index (χ0) is 18.4. The molecule has 3 heterocycles. The molecule has 8 heteroatoms. The Kier molecular flexibility index (Phi) is 3.77. The summed E-state index contributed by atoms with van der Waals surface area (Å²) in [5, 5.41) is 10.2. The van der Waals surface area contributed by atoms with Crippen molar-refractivity contribution in [3.8, 4) is 0 Å². The van der Waals surface area contributed by atoms with Gasteiger partial charge in [-0.15, -0.1) is 0 Å². The van der Waals surface area contributed by atoms with E-state index in [9.17, 15) is 9.59 Å². The first-order chi connectivity index (χ1) is 12.5. The zero-order valence-corrected chi connectivity index (χ0v) is 14.5. The molecule has 0 spiro atoms. The number of aliphatic hydroxyl groups excluding tert-OH is 1. The van der Waals surface area contributed by atoms with Crippen LogP contribution in [0.1, 0.15) is 17.1 Å². The highest BCUT2D eigenvalue weighted by atomic mass is 16.3. The predicted molar refractivity (Wildman–Crippen MR) is 98.5 cm³/mol. The highest BCUT2D eigenvalue weighted by molar-refractivity contribution is 5.81. The van der Waals surface area contributed by atoms with E-state index in [4.69, 9.17) is 5.11 Å². The summed E-state index contributed by atoms with van der Waals surface area (Å²) in [7, 11) is 1.70. The Hall–Kier alpha value is -3.13. The normalized spacial score (nSPS) is 11.7. The molecule has 0 amide bonds. The summed E-state index contributed by atoms with van der Waals surface area (Å²) < 4.78 is 2.78. The lowest BCUT2D eigenvalue weighted by Gasteiger charge is -2.04. The van der Waals surface area contributed by atoms with Gasteiger partial charge in [0.2, 0.25) is 0 Å². The molecule has 0 aliphatic rings. The van der Waals surface area contributed by atoms with Gasteiger partial charge in [-0.05, 0) is 30.5 Å². The van der Waals surface area contributed by atoms with Gasteiger partial charge in [0.25, 0.3) is 5.56 Å². The van der Waals surface area contributed by atoms with Gasteiger partial charge >= 0.3 is 5.69 Å². The van der Waals surface area contributed by atoms with E-state index < -0.39 is 11.2 Å². The molecule has 3 aromatic heterocycles. The van der Waals surface area contributed by atoms with Crippen LogP contribution in [0.5, 0.6) is 0 Å². The molecule has 1 aromatic carbocycles. The van der Waals surface area contributed by atoms with Crippen LogP contribution in [0, 0.1) is 6.92 Å². The number of aryl methyl sites for hydroxylation is 2. The van der Waals surface area contributed by atoms with Crippen LogP contribution in [0.2, 0.25) is 0 Å². The minimum atomic E-state index is -0.508. The molecule has 8 nitrogen and oxygen atoms in total. The van der Waals surface area contributed by atoms with Crippen molar-refractivity contribution in [1.29, 1.82) is 0 Å². The van der Waals surface area contributed by atoms with Gasteiger partial charge in [0, 0.05) is 24.7 Å². The Morgan fingerprint density at radius 2 is 2.00 bits per heavy atom. The van der Waals surface area contributed by atoms with Gasteiger partial charge in [0.1, 0.15) is 5.82 Å². The van der Waals surface area contributed by atoms with Gasteiger partial charge in [-0.2, -0.15) is 0 Å². The Bertz CT molecular complexity index is 1240. The molecular weight excluding hydrogens is 334 g/mol. The Morgan fingerprint density at radius 1 is 1.19 bits per heavy atom. The number of hydrogen-bond donors (Lipinski definition) is 3. The van der Waals surface area contributed by atoms with Gasteiger partial charge < -0.3 is 14.7 Å². The van der Waals surface area contributed by atoms with Crippen LogP contribution in [-0.2, 0) is 20.0 Å². The molecule has 26 heavy (non-hydrogen) atoms. The fraction of sp³-hybridized carbons (Fsp3) is 0.278. The molecule has 3 N–H and O–H groups in total. The zero-order valence-electron chi connectivity index (χ0n) is 14.5. The third-order valence-corrected chi connectivity index (χ3v) is 4.60. The number of rotatable bonds is 4. The average molecular weight is 353 g/mol. The van der Waals surface area contributed by atoms with E-state index in [0.29, 0.717) is 17.8 Å². The third kappa shape index (κ3) is 2.55. The van der Waals surface area contributed by atoms with E-state index >= 15 is 0 Å². The number of benzene rings is 1. The first-order valence-electron chi connectivity index (χ1n) is 8.35. The van der Waals surface area contributed by atoms with Crippen molar-refractivity contribution in [2.75, 3.05) is 6.61 Å². The number of imidazole rings is 1. The van der Waals surface area contributed by atoms with Gasteiger partial charge in [0.15, 0.2) is 11.2 Å². The van der Waals surface area contributed by atoms with Crippen molar-refractivity contribution in [3.05, 3.63) is 62.2 Å². The second kappa shape index (κ2) is 5.99. The molecule has 0 radical (unpaired) electrons. The fourth-order valence-corrected chi connectivity index (χ4v) is 3.30. The number of H-pyrrole nitrogens is 2. The molecule has 0 saturated carbocycles. The summed E-state index contributed by atoms with van der Waals surface area (Å²) in [6.07, 6.45) is 0.314. The van der Waals surface area contributed by atoms with Gasteiger partial charge in [-0.1, -0.05) is 11.6 Å². The number of nitrogens with one attached hydrogen (secondary N) is 2. The summed E-state index contributed by atoms with van der Waals surface area (Å²) in [6.45, 7) is 2.07. The van der Waals surface area contributed by atoms with E-state index in [0.717, 1.165) is 26.7 Å². The van der Waals surface area contributed by atoms with Gasteiger partial charge in [-0.3, -0.25) is 14.3 Å². The lowest BCUT2D eigenvalue weighted by molar-refractivity contribution is 0.295. The van der Waals surface area contributed by atoms with Crippen LogP contribution in [-0.4, -0.2) is 35.8 Å². The molecule has 0 atom stereocenters. The molecule has 4 aromatic rings. The highest BCUT2D eigenvalue weighted by Crippen LogP contribution is 2.17. The standard InChI is InChI=1S/C18H19N5O3/c1-10-3-4-13-11(7-10)8-12(19-13)9-23-17(25)15-16(21-18(23)26)20-14(5-6-24)22(15)2/h3-4,7-8,19,24H,5-6,9H2,1-2H3,(H,21,26). The number of fused-ring (bicyclic) bond motifs is 2. The molecule has 0 unspecified atom stereocenters. The summed E-state index contributed by atoms with van der Waals surface area (Å²) in [4.78, 5) is 35.4. The van der Waals surface area contributed by atoms with Crippen molar-refractivity contribution in [2.45, 2.75) is 19.9 Å². The highest BCUT2D eigenvalue weighted by Gasteiger charge is 2.16. The molecule has 0 fully saturated rings. The van der Waals surface area contributed by atoms with Crippen LogP contribution in [0.4, 0.5) is 0 Å². The number of aliphatic hydroxyl groups is 1. The van der Waals surface area contributed by atoms with E-state index in [2.05, 4.69) is 15.0 Å². The molecule has 4 rings (SSSR count). The molecule has 0 aliphatic heterocycles. The molecule has 0 aliphatic carbocycles. The smallest absolute Gasteiger partial charge is 0.330 e. The Morgan fingerprint density at radius 3 is 2.77 bits per heavy atom. The largest absolute Gasteiger partial charge is 0.396 e. The van der Waals surface area contributed by atoms with Crippen LogP contribution in [0.3, 0.4) is 0 Å². The monoisotopic (exact) mass is 353 g/mol. The van der Waals surface area contributed by atoms with Crippen molar-refractivity contribution < 1.29 is 5.11 Å². The first-order valence-corrected chi connectivity index (χ1v) is 8.35. The maximum atomic E-state index is 12.9. The van der Waals surface area contributed by atoms with Crippen LogP contribution in [0.15, 0.2) is 33.9 Å². The molecular formula is C18H19N5O3. The van der Waals surface area contributed by atoms with Crippen molar-refractivity contribution in [2.24, 2.45) is 7.05 Å². The van der Waals surface area contributed by atoms with Crippen molar-refractivity contribution >= 4 is 22.1 Å². The Labute approximate surface area is 147 Å². The summed E-state index contributed by atoms with van der Waals surface area (Å²) in [5.74, 6) is 0.550. The van der Waals surface area contributed by atoms with Crippen molar-refractivity contribution in [3.63, 3.8) is 0 Å². The summed E-state index contributed by atoms with van der Waals surface area (Å²) in [6, 6.07) is 7.98. The average Bonchev–Trinajstić information content (AvgIpc) is 3.12. The quantitative estimate of drug-likeness (QED) is 0.504. The molecule has 0 saturated heterocycles. The van der Waals surface area contributed by atoms with Crippen LogP contribution >= 0.6 is 0 Å². The third-order valence-electron chi connectivity index (χ3n) is 4.60. The van der Waals surface area contributed by atoms with E-state index in [-0.39, 0.29) is 18.8 Å². The molecule has 134 valence electrons. The van der Waals surface area contributed by atoms with Crippen molar-refractivity contribution in [1.82, 2.24) is 24.1 Å². The minimum Gasteiger partial charge on any atom is -0.396 e. The van der Waals surface area contributed by atoms with Crippen LogP contribution < -0.4 is 11.2 Å². The van der Waals surface area contributed by atoms with E-state index in [1.165, 1.54) is 0 Å². The van der Waals surface area contributed by atoms with Crippen LogP contribution in [0.25, 0.3) is 22.1 Å². The SMILES string of the molecule is Cc1ccc2[nH]c(Cn3c(=O)[nH]c4nc(CCO)n(C)c4c3=O)cc2c1. The topological polar surface area (TPSA) is 109 Å². The maximum Gasteiger partial charge on any atom is 0.330 e. The second-order valence-electron chi connectivity index (χ2n) is 6.46. The Balaban J connectivity index is 1.83. The van der Waals surface area contributed by atoms with E-state index in [1.807, 2.05) is 31.2 Å². The number of aromatic nitrogens is 5. The lowest BCUT2D eigenvalue weighted by atomic mass is 10.2. The fourth-order valence-electron chi connectivity index (χ4n) is 3.30. The number of aromatic amines is 2. The van der Waals surface area contributed by atoms with E-state index in [1.54, 1.807) is 11.6 Å². The second-order valence-corrected chi connectivity index (χ2v) is 6.46. The summed E-state index contributed by atoms with van der Waals surface area (Å²) in [5.41, 5.74) is 2.53. The first kappa shape index (κ1) is 16.3. The number of hydrogen-bond acceptors (Lipinski definition) is 4. The summed E-state index contributed by atoms with van der Waals surface area (Å²) >= 11 is 0. The maximum absolute atomic E-state index is 12.9. The molecule has 0 bridgehead atoms. The minimum absolute atomic E-state index is 0.0793. The predicted octanol–water partition coefficient (Wildman–Crippen LogP) is 0.796. The lowest BCUT2D eigenvalue weighted by Crippen LogP contribution is -2.36. The van der Waals surface area contributed by atoms with Gasteiger partial charge in [-0.25, -0.2) is 9.78 Å². The number of nitrogens with zero attached hydrogens (tertiary/aromatic N) is 3.